The highest BCUT2D eigenvalue weighted by Gasteiger charge is 2.22. The number of hydrogen-bond donors (Lipinski definition) is 2. The second kappa shape index (κ2) is 5.47. The van der Waals surface area contributed by atoms with Crippen molar-refractivity contribution in [2.45, 2.75) is 38.6 Å². The quantitative estimate of drug-likeness (QED) is 0.722. The van der Waals surface area contributed by atoms with E-state index in [4.69, 9.17) is 10.5 Å². The van der Waals surface area contributed by atoms with E-state index in [0.717, 1.165) is 26.1 Å². The molecule has 1 aliphatic heterocycles. The Bertz CT molecular complexity index is 211. The van der Waals surface area contributed by atoms with E-state index in [1.165, 1.54) is 0 Å². The average Bonchev–Trinajstić information content (AvgIpc) is 2.18. The van der Waals surface area contributed by atoms with Crippen LogP contribution in [0.4, 0.5) is 0 Å². The fraction of sp³-hybridized carbons (Fsp3) is 0.909. The molecular weight excluding hydrogens is 192 g/mol. The number of carbonyl (C=O) groups is 1. The third-order valence-electron chi connectivity index (χ3n) is 2.80. The number of nitrogens with two attached hydrogens (primary N) is 1. The van der Waals surface area contributed by atoms with E-state index in [1.54, 1.807) is 0 Å². The lowest BCUT2D eigenvalue weighted by atomic mass is 9.95. The van der Waals surface area contributed by atoms with Gasteiger partial charge in [-0.3, -0.25) is 4.79 Å². The molecule has 0 aromatic rings. The van der Waals surface area contributed by atoms with Gasteiger partial charge in [0, 0.05) is 31.7 Å². The third kappa shape index (κ3) is 4.62. The Morgan fingerprint density at radius 1 is 1.47 bits per heavy atom. The summed E-state index contributed by atoms with van der Waals surface area (Å²) in [6.45, 7) is 5.92. The molecule has 1 saturated heterocycles. The van der Waals surface area contributed by atoms with Crippen LogP contribution in [-0.2, 0) is 9.53 Å². The summed E-state index contributed by atoms with van der Waals surface area (Å²) in [5.74, 6) is 0.588. The molecule has 1 amide bonds. The Labute approximate surface area is 91.5 Å². The van der Waals surface area contributed by atoms with Crippen molar-refractivity contribution in [1.29, 1.82) is 0 Å². The first kappa shape index (κ1) is 12.5. The van der Waals surface area contributed by atoms with Crippen molar-refractivity contribution in [2.24, 2.45) is 11.7 Å². The van der Waals surface area contributed by atoms with Gasteiger partial charge >= 0.3 is 0 Å². The zero-order valence-corrected chi connectivity index (χ0v) is 9.71. The van der Waals surface area contributed by atoms with Crippen LogP contribution in [0, 0.1) is 5.92 Å². The van der Waals surface area contributed by atoms with Gasteiger partial charge in [0.25, 0.3) is 0 Å². The second-order valence-corrected chi connectivity index (χ2v) is 4.90. The molecule has 0 spiro atoms. The summed E-state index contributed by atoms with van der Waals surface area (Å²) in [5.41, 5.74) is 5.26. The molecule has 15 heavy (non-hydrogen) atoms. The van der Waals surface area contributed by atoms with Crippen molar-refractivity contribution in [2.75, 3.05) is 19.8 Å². The lowest BCUT2D eigenvalue weighted by Crippen LogP contribution is -2.49. The predicted molar refractivity (Wildman–Crippen MR) is 59.4 cm³/mol. The molecule has 4 heteroatoms. The van der Waals surface area contributed by atoms with Gasteiger partial charge in [0.05, 0.1) is 0 Å². The molecule has 1 fully saturated rings. The van der Waals surface area contributed by atoms with E-state index >= 15 is 0 Å². The fourth-order valence-electron chi connectivity index (χ4n) is 1.69. The van der Waals surface area contributed by atoms with E-state index in [0.29, 0.717) is 18.9 Å². The number of nitrogens with one attached hydrogen (secondary N) is 1. The van der Waals surface area contributed by atoms with Gasteiger partial charge in [-0.05, 0) is 32.6 Å². The number of hydrogen-bond acceptors (Lipinski definition) is 3. The maximum absolute atomic E-state index is 11.7. The van der Waals surface area contributed by atoms with Gasteiger partial charge in [-0.2, -0.15) is 0 Å². The minimum absolute atomic E-state index is 0.109. The normalized spacial score (nSPS) is 18.9. The molecule has 0 aromatic heterocycles. The topological polar surface area (TPSA) is 64.3 Å². The summed E-state index contributed by atoms with van der Waals surface area (Å²) in [7, 11) is 0. The van der Waals surface area contributed by atoms with Gasteiger partial charge in [-0.1, -0.05) is 0 Å². The summed E-state index contributed by atoms with van der Waals surface area (Å²) in [4.78, 5) is 11.7. The smallest absolute Gasteiger partial charge is 0.220 e. The van der Waals surface area contributed by atoms with Crippen LogP contribution in [0.5, 0.6) is 0 Å². The van der Waals surface area contributed by atoms with Crippen LogP contribution in [0.1, 0.15) is 33.1 Å². The summed E-state index contributed by atoms with van der Waals surface area (Å²) in [5, 5.41) is 2.95. The zero-order valence-electron chi connectivity index (χ0n) is 9.71. The van der Waals surface area contributed by atoms with Crippen LogP contribution in [0.25, 0.3) is 0 Å². The molecular formula is C11H22N2O2. The van der Waals surface area contributed by atoms with Crippen molar-refractivity contribution in [3.63, 3.8) is 0 Å². The zero-order chi connectivity index (χ0) is 11.3. The van der Waals surface area contributed by atoms with Gasteiger partial charge < -0.3 is 15.8 Å². The van der Waals surface area contributed by atoms with Crippen LogP contribution in [0.2, 0.25) is 0 Å². The van der Waals surface area contributed by atoms with Crippen molar-refractivity contribution in [3.8, 4) is 0 Å². The first-order valence-corrected chi connectivity index (χ1v) is 5.62. The van der Waals surface area contributed by atoms with E-state index in [-0.39, 0.29) is 11.4 Å². The molecule has 0 unspecified atom stereocenters. The lowest BCUT2D eigenvalue weighted by molar-refractivity contribution is -0.124. The second-order valence-electron chi connectivity index (χ2n) is 4.90. The van der Waals surface area contributed by atoms with Gasteiger partial charge in [-0.25, -0.2) is 0 Å². The van der Waals surface area contributed by atoms with Gasteiger partial charge in [0.15, 0.2) is 0 Å². The molecule has 0 atom stereocenters. The van der Waals surface area contributed by atoms with Crippen molar-refractivity contribution >= 4 is 5.91 Å². The molecule has 1 rings (SSSR count). The lowest BCUT2D eigenvalue weighted by Gasteiger charge is -2.27. The molecule has 4 nitrogen and oxygen atoms in total. The highest BCUT2D eigenvalue weighted by atomic mass is 16.5. The molecule has 3 N–H and O–H groups in total. The highest BCUT2D eigenvalue weighted by Crippen LogP contribution is 2.18. The Kier molecular flexibility index (Phi) is 4.54. The molecule has 1 heterocycles. The first-order chi connectivity index (χ1) is 7.03. The third-order valence-corrected chi connectivity index (χ3v) is 2.80. The standard InChI is InChI=1S/C11H22N2O2/c1-11(2,8-12)13-10(14)7-9-3-5-15-6-4-9/h9H,3-8,12H2,1-2H3,(H,13,14). The maximum Gasteiger partial charge on any atom is 0.220 e. The molecule has 1 aliphatic rings. The molecule has 0 aromatic carbocycles. The minimum Gasteiger partial charge on any atom is -0.381 e. The highest BCUT2D eigenvalue weighted by molar-refractivity contribution is 5.77. The number of amides is 1. The van der Waals surface area contributed by atoms with E-state index in [2.05, 4.69) is 5.32 Å². The van der Waals surface area contributed by atoms with Crippen LogP contribution in [0.15, 0.2) is 0 Å². The average molecular weight is 214 g/mol. The van der Waals surface area contributed by atoms with E-state index < -0.39 is 0 Å². The van der Waals surface area contributed by atoms with Crippen molar-refractivity contribution in [1.82, 2.24) is 5.32 Å². The van der Waals surface area contributed by atoms with E-state index in [1.807, 2.05) is 13.8 Å². The van der Waals surface area contributed by atoms with Crippen LogP contribution in [-0.4, -0.2) is 31.2 Å². The minimum atomic E-state index is -0.289. The van der Waals surface area contributed by atoms with Crippen LogP contribution >= 0.6 is 0 Å². The number of rotatable bonds is 4. The Hall–Kier alpha value is -0.610. The van der Waals surface area contributed by atoms with Crippen molar-refractivity contribution in [3.05, 3.63) is 0 Å². The van der Waals surface area contributed by atoms with Gasteiger partial charge in [-0.15, -0.1) is 0 Å². The van der Waals surface area contributed by atoms with Gasteiger partial charge in [0.1, 0.15) is 0 Å². The Morgan fingerprint density at radius 3 is 2.60 bits per heavy atom. The van der Waals surface area contributed by atoms with Crippen molar-refractivity contribution < 1.29 is 9.53 Å². The maximum atomic E-state index is 11.7. The summed E-state index contributed by atoms with van der Waals surface area (Å²) in [6.07, 6.45) is 2.60. The largest absolute Gasteiger partial charge is 0.381 e. The first-order valence-electron chi connectivity index (χ1n) is 5.62. The predicted octanol–water partition coefficient (Wildman–Crippen LogP) is 0.657. The summed E-state index contributed by atoms with van der Waals surface area (Å²) < 4.78 is 5.25. The SMILES string of the molecule is CC(C)(CN)NC(=O)CC1CCOCC1. The molecule has 0 bridgehead atoms. The fourth-order valence-corrected chi connectivity index (χ4v) is 1.69. The van der Waals surface area contributed by atoms with Crippen LogP contribution in [0.3, 0.4) is 0 Å². The molecule has 0 aliphatic carbocycles. The summed E-state index contributed by atoms with van der Waals surface area (Å²) >= 11 is 0. The Morgan fingerprint density at radius 2 is 2.07 bits per heavy atom. The Balaban J connectivity index is 2.28. The van der Waals surface area contributed by atoms with Gasteiger partial charge in [0.2, 0.25) is 5.91 Å². The monoisotopic (exact) mass is 214 g/mol. The number of carbonyl (C=O) groups excluding carboxylic acids is 1. The molecule has 0 saturated carbocycles. The molecule has 88 valence electrons. The number of ether oxygens (including phenoxy) is 1. The summed E-state index contributed by atoms with van der Waals surface area (Å²) in [6, 6.07) is 0. The van der Waals surface area contributed by atoms with Crippen LogP contribution < -0.4 is 11.1 Å². The molecule has 0 radical (unpaired) electrons. The van der Waals surface area contributed by atoms with E-state index in [9.17, 15) is 4.79 Å².